The number of likely N-dealkylation sites (tertiary alicyclic amines) is 1. The van der Waals surface area contributed by atoms with Crippen molar-refractivity contribution in [2.24, 2.45) is 0 Å². The SMILES string of the molecule is O=C(CCOC1CCNCC1)NC1CCN(C2CC2)C1. The first-order chi connectivity index (χ1) is 9.81. The summed E-state index contributed by atoms with van der Waals surface area (Å²) in [4.78, 5) is 14.4. The number of nitrogens with zero attached hydrogens (tertiary/aromatic N) is 1. The van der Waals surface area contributed by atoms with Gasteiger partial charge in [-0.1, -0.05) is 0 Å². The molecule has 20 heavy (non-hydrogen) atoms. The number of piperidine rings is 1. The van der Waals surface area contributed by atoms with Gasteiger partial charge in [0.1, 0.15) is 0 Å². The summed E-state index contributed by atoms with van der Waals surface area (Å²) in [5.41, 5.74) is 0. The Kier molecular flexibility index (Phi) is 4.91. The van der Waals surface area contributed by atoms with Crippen LogP contribution < -0.4 is 10.6 Å². The molecule has 1 unspecified atom stereocenters. The highest BCUT2D eigenvalue weighted by atomic mass is 16.5. The van der Waals surface area contributed by atoms with Crippen molar-refractivity contribution >= 4 is 5.91 Å². The summed E-state index contributed by atoms with van der Waals surface area (Å²) < 4.78 is 5.78. The van der Waals surface area contributed by atoms with Crippen molar-refractivity contribution in [2.45, 2.75) is 56.7 Å². The summed E-state index contributed by atoms with van der Waals surface area (Å²) >= 11 is 0. The molecule has 0 radical (unpaired) electrons. The van der Waals surface area contributed by atoms with Crippen LogP contribution in [0.25, 0.3) is 0 Å². The first-order valence-electron chi connectivity index (χ1n) is 8.17. The second kappa shape index (κ2) is 6.87. The molecule has 1 saturated carbocycles. The van der Waals surface area contributed by atoms with Gasteiger partial charge in [-0.3, -0.25) is 9.69 Å². The second-order valence-electron chi connectivity index (χ2n) is 6.35. The van der Waals surface area contributed by atoms with Gasteiger partial charge in [-0.2, -0.15) is 0 Å². The molecule has 2 aliphatic heterocycles. The third kappa shape index (κ3) is 4.17. The van der Waals surface area contributed by atoms with Crippen molar-refractivity contribution in [1.82, 2.24) is 15.5 Å². The molecule has 2 heterocycles. The number of amides is 1. The van der Waals surface area contributed by atoms with Gasteiger partial charge < -0.3 is 15.4 Å². The minimum absolute atomic E-state index is 0.154. The summed E-state index contributed by atoms with van der Waals surface area (Å²) in [5.74, 6) is 0.154. The monoisotopic (exact) mass is 281 g/mol. The van der Waals surface area contributed by atoms with Crippen molar-refractivity contribution in [3.8, 4) is 0 Å². The average molecular weight is 281 g/mol. The maximum absolute atomic E-state index is 11.9. The van der Waals surface area contributed by atoms with Crippen molar-refractivity contribution in [1.29, 1.82) is 0 Å². The Morgan fingerprint density at radius 2 is 2.00 bits per heavy atom. The Hall–Kier alpha value is -0.650. The van der Waals surface area contributed by atoms with Gasteiger partial charge in [-0.05, 0) is 45.2 Å². The minimum Gasteiger partial charge on any atom is -0.378 e. The number of carbonyl (C=O) groups is 1. The molecule has 2 N–H and O–H groups in total. The van der Waals surface area contributed by atoms with Gasteiger partial charge >= 0.3 is 0 Å². The predicted molar refractivity (Wildman–Crippen MR) is 77.6 cm³/mol. The van der Waals surface area contributed by atoms with Crippen molar-refractivity contribution < 1.29 is 9.53 Å². The molecule has 5 nitrogen and oxygen atoms in total. The summed E-state index contributed by atoms with van der Waals surface area (Å²) in [6.07, 6.45) is 6.80. The van der Waals surface area contributed by atoms with E-state index in [1.165, 1.54) is 12.8 Å². The van der Waals surface area contributed by atoms with Gasteiger partial charge in [-0.25, -0.2) is 0 Å². The smallest absolute Gasteiger partial charge is 0.222 e. The Morgan fingerprint density at radius 1 is 1.20 bits per heavy atom. The van der Waals surface area contributed by atoms with Crippen LogP contribution in [-0.4, -0.2) is 61.8 Å². The molecular formula is C15H27N3O2. The lowest BCUT2D eigenvalue weighted by Crippen LogP contribution is -2.38. The van der Waals surface area contributed by atoms with Crippen molar-refractivity contribution in [3.63, 3.8) is 0 Å². The van der Waals surface area contributed by atoms with Crippen LogP contribution in [0.4, 0.5) is 0 Å². The molecule has 0 spiro atoms. The molecule has 3 aliphatic rings. The van der Waals surface area contributed by atoms with E-state index in [9.17, 15) is 4.79 Å². The van der Waals surface area contributed by atoms with Gasteiger partial charge in [0.05, 0.1) is 12.7 Å². The van der Waals surface area contributed by atoms with Crippen molar-refractivity contribution in [3.05, 3.63) is 0 Å². The fourth-order valence-corrected chi connectivity index (χ4v) is 3.26. The number of carbonyl (C=O) groups excluding carboxylic acids is 1. The predicted octanol–water partition coefficient (Wildman–Crippen LogP) is 0.498. The molecule has 2 saturated heterocycles. The van der Waals surface area contributed by atoms with E-state index >= 15 is 0 Å². The molecule has 0 bridgehead atoms. The third-order valence-corrected chi connectivity index (χ3v) is 4.62. The molecule has 3 rings (SSSR count). The highest BCUT2D eigenvalue weighted by molar-refractivity contribution is 5.76. The van der Waals surface area contributed by atoms with E-state index in [2.05, 4.69) is 15.5 Å². The van der Waals surface area contributed by atoms with Crippen LogP contribution in [0.1, 0.15) is 38.5 Å². The topological polar surface area (TPSA) is 53.6 Å². The molecule has 3 fully saturated rings. The van der Waals surface area contributed by atoms with Crippen molar-refractivity contribution in [2.75, 3.05) is 32.8 Å². The number of ether oxygens (including phenoxy) is 1. The molecule has 1 atom stereocenters. The highest BCUT2D eigenvalue weighted by Gasteiger charge is 2.34. The zero-order valence-electron chi connectivity index (χ0n) is 12.3. The van der Waals surface area contributed by atoms with Gasteiger partial charge in [0.2, 0.25) is 5.91 Å². The van der Waals surface area contributed by atoms with E-state index < -0.39 is 0 Å². The average Bonchev–Trinajstić information content (AvgIpc) is 3.21. The Bertz CT molecular complexity index is 327. The van der Waals surface area contributed by atoms with Crippen LogP contribution in [0.2, 0.25) is 0 Å². The van der Waals surface area contributed by atoms with Crippen LogP contribution in [0, 0.1) is 0 Å². The first-order valence-corrected chi connectivity index (χ1v) is 8.17. The molecule has 114 valence electrons. The lowest BCUT2D eigenvalue weighted by Gasteiger charge is -2.23. The highest BCUT2D eigenvalue weighted by Crippen LogP contribution is 2.29. The fraction of sp³-hybridized carbons (Fsp3) is 0.933. The lowest BCUT2D eigenvalue weighted by atomic mass is 10.1. The van der Waals surface area contributed by atoms with E-state index in [0.717, 1.165) is 51.5 Å². The third-order valence-electron chi connectivity index (χ3n) is 4.62. The molecular weight excluding hydrogens is 254 g/mol. The van der Waals surface area contributed by atoms with Gasteiger partial charge in [0.15, 0.2) is 0 Å². The van der Waals surface area contributed by atoms with E-state index in [0.29, 0.717) is 25.2 Å². The quantitative estimate of drug-likeness (QED) is 0.744. The van der Waals surface area contributed by atoms with E-state index in [1.807, 2.05) is 0 Å². The second-order valence-corrected chi connectivity index (χ2v) is 6.35. The Morgan fingerprint density at radius 3 is 2.75 bits per heavy atom. The maximum atomic E-state index is 11.9. The van der Waals surface area contributed by atoms with E-state index in [1.54, 1.807) is 0 Å². The zero-order chi connectivity index (χ0) is 13.8. The van der Waals surface area contributed by atoms with Gasteiger partial charge in [-0.15, -0.1) is 0 Å². The summed E-state index contributed by atoms with van der Waals surface area (Å²) in [7, 11) is 0. The number of rotatable bonds is 6. The molecule has 1 amide bonds. The lowest BCUT2D eigenvalue weighted by molar-refractivity contribution is -0.123. The maximum Gasteiger partial charge on any atom is 0.222 e. The Labute approximate surface area is 121 Å². The molecule has 5 heteroatoms. The van der Waals surface area contributed by atoms with Crippen LogP contribution in [0.5, 0.6) is 0 Å². The normalized spacial score (nSPS) is 28.7. The number of nitrogens with one attached hydrogen (secondary N) is 2. The molecule has 0 aromatic rings. The zero-order valence-corrected chi connectivity index (χ0v) is 12.3. The molecule has 1 aliphatic carbocycles. The summed E-state index contributed by atoms with van der Waals surface area (Å²) in [6, 6.07) is 1.18. The minimum atomic E-state index is 0.154. The summed E-state index contributed by atoms with van der Waals surface area (Å²) in [5, 5.41) is 6.47. The van der Waals surface area contributed by atoms with Gasteiger partial charge in [0, 0.05) is 31.6 Å². The van der Waals surface area contributed by atoms with Gasteiger partial charge in [0.25, 0.3) is 0 Å². The number of hydrogen-bond acceptors (Lipinski definition) is 4. The number of hydrogen-bond donors (Lipinski definition) is 2. The molecule has 0 aromatic carbocycles. The molecule has 0 aromatic heterocycles. The largest absolute Gasteiger partial charge is 0.378 e. The van der Waals surface area contributed by atoms with Crippen LogP contribution >= 0.6 is 0 Å². The van der Waals surface area contributed by atoms with E-state index in [-0.39, 0.29) is 5.91 Å². The summed E-state index contributed by atoms with van der Waals surface area (Å²) in [6.45, 7) is 4.84. The first kappa shape index (κ1) is 14.3. The van der Waals surface area contributed by atoms with Crippen LogP contribution in [0.15, 0.2) is 0 Å². The fourth-order valence-electron chi connectivity index (χ4n) is 3.26. The van der Waals surface area contributed by atoms with Crippen LogP contribution in [-0.2, 0) is 9.53 Å². The van der Waals surface area contributed by atoms with E-state index in [4.69, 9.17) is 4.74 Å². The van der Waals surface area contributed by atoms with Crippen LogP contribution in [0.3, 0.4) is 0 Å². The Balaban J connectivity index is 1.27. The standard InChI is InChI=1S/C15H27N3O2/c19-15(6-10-20-14-3-7-16-8-4-14)17-12-5-9-18(11-12)13-1-2-13/h12-14,16H,1-11H2,(H,17,19).